The van der Waals surface area contributed by atoms with Crippen molar-refractivity contribution in [2.24, 2.45) is 4.99 Å². The lowest BCUT2D eigenvalue weighted by atomic mass is 10.1. The zero-order valence-electron chi connectivity index (χ0n) is 17.9. The summed E-state index contributed by atoms with van der Waals surface area (Å²) in [4.78, 5) is 23.5. The standard InChI is InChI=1S/C23H26ClFN4O2/c1-16(9-12-30)27-17(2)28(3)19-14-22(24)23(26-15-19)29-10-7-20(8-11-29)31-21-6-4-5-18(25)13-21/h4-6,9,12-15,20H,7-8,10-11H2,1-3H3/b16-9-,27-17-. The van der Waals surface area contributed by atoms with Crippen LogP contribution in [0.3, 0.4) is 0 Å². The van der Waals surface area contributed by atoms with Crippen LogP contribution in [-0.4, -0.2) is 43.3 Å². The van der Waals surface area contributed by atoms with Crippen molar-refractivity contribution in [2.45, 2.75) is 32.8 Å². The summed E-state index contributed by atoms with van der Waals surface area (Å²) in [6, 6.07) is 8.08. The van der Waals surface area contributed by atoms with Crippen LogP contribution >= 0.6 is 11.6 Å². The molecule has 1 aliphatic heterocycles. The summed E-state index contributed by atoms with van der Waals surface area (Å²) in [5.41, 5.74) is 1.43. The molecule has 1 aromatic heterocycles. The number of ether oxygens (including phenoxy) is 1. The number of anilines is 2. The van der Waals surface area contributed by atoms with Gasteiger partial charge in [0.2, 0.25) is 0 Å². The monoisotopic (exact) mass is 444 g/mol. The van der Waals surface area contributed by atoms with Crippen LogP contribution in [0.15, 0.2) is 53.3 Å². The minimum absolute atomic E-state index is 0.0313. The smallest absolute Gasteiger partial charge is 0.147 e. The Morgan fingerprint density at radius 1 is 1.32 bits per heavy atom. The molecule has 31 heavy (non-hydrogen) atoms. The molecule has 1 fully saturated rings. The van der Waals surface area contributed by atoms with Gasteiger partial charge in [-0.15, -0.1) is 0 Å². The fourth-order valence-electron chi connectivity index (χ4n) is 3.41. The Bertz CT molecular complexity index is 987. The second-order valence-electron chi connectivity index (χ2n) is 7.42. The third-order valence-electron chi connectivity index (χ3n) is 5.17. The number of carbonyl (C=O) groups excluding carboxylic acids is 1. The van der Waals surface area contributed by atoms with E-state index in [-0.39, 0.29) is 11.9 Å². The molecular weight excluding hydrogens is 419 g/mol. The Balaban J connectivity index is 1.63. The van der Waals surface area contributed by atoms with Gasteiger partial charge in [-0.3, -0.25) is 4.79 Å². The quantitative estimate of drug-likeness (QED) is 0.275. The normalized spacial score (nSPS) is 15.7. The molecule has 164 valence electrons. The minimum Gasteiger partial charge on any atom is -0.490 e. The number of nitrogens with zero attached hydrogens (tertiary/aromatic N) is 4. The molecule has 8 heteroatoms. The molecule has 0 bridgehead atoms. The maximum atomic E-state index is 13.3. The van der Waals surface area contributed by atoms with E-state index in [0.29, 0.717) is 22.8 Å². The number of allylic oxidation sites excluding steroid dienone is 2. The van der Waals surface area contributed by atoms with E-state index in [2.05, 4.69) is 14.9 Å². The molecule has 0 radical (unpaired) electrons. The van der Waals surface area contributed by atoms with Gasteiger partial charge in [-0.05, 0) is 38.1 Å². The van der Waals surface area contributed by atoms with E-state index >= 15 is 0 Å². The zero-order chi connectivity index (χ0) is 22.4. The Morgan fingerprint density at radius 2 is 2.06 bits per heavy atom. The van der Waals surface area contributed by atoms with Gasteiger partial charge in [-0.25, -0.2) is 14.4 Å². The van der Waals surface area contributed by atoms with Crippen molar-refractivity contribution >= 4 is 35.2 Å². The molecule has 6 nitrogen and oxygen atoms in total. The Labute approximate surface area is 187 Å². The molecule has 1 aromatic carbocycles. The molecule has 0 unspecified atom stereocenters. The van der Waals surface area contributed by atoms with Crippen molar-refractivity contribution in [1.82, 2.24) is 4.98 Å². The zero-order valence-corrected chi connectivity index (χ0v) is 18.6. The van der Waals surface area contributed by atoms with E-state index in [0.717, 1.165) is 43.3 Å². The number of halogens is 2. The minimum atomic E-state index is -0.300. The van der Waals surface area contributed by atoms with Crippen molar-refractivity contribution in [3.05, 3.63) is 59.1 Å². The number of hydrogen-bond donors (Lipinski definition) is 0. The molecule has 0 N–H and O–H groups in total. The highest BCUT2D eigenvalue weighted by Crippen LogP contribution is 2.30. The van der Waals surface area contributed by atoms with Crippen molar-refractivity contribution in [3.63, 3.8) is 0 Å². The van der Waals surface area contributed by atoms with Gasteiger partial charge >= 0.3 is 0 Å². The first-order valence-electron chi connectivity index (χ1n) is 10.1. The van der Waals surface area contributed by atoms with Crippen LogP contribution in [0.5, 0.6) is 5.75 Å². The summed E-state index contributed by atoms with van der Waals surface area (Å²) >= 11 is 6.55. The van der Waals surface area contributed by atoms with Crippen LogP contribution in [0.2, 0.25) is 5.02 Å². The maximum Gasteiger partial charge on any atom is 0.147 e. The first-order chi connectivity index (χ1) is 14.9. The van der Waals surface area contributed by atoms with Crippen molar-refractivity contribution in [3.8, 4) is 5.75 Å². The van der Waals surface area contributed by atoms with Gasteiger partial charge in [0.05, 0.1) is 16.9 Å². The van der Waals surface area contributed by atoms with E-state index in [1.54, 1.807) is 25.3 Å². The predicted molar refractivity (Wildman–Crippen MR) is 123 cm³/mol. The molecule has 1 aliphatic rings. The number of aromatic nitrogens is 1. The van der Waals surface area contributed by atoms with Gasteiger partial charge in [-0.1, -0.05) is 17.7 Å². The highest BCUT2D eigenvalue weighted by Gasteiger charge is 2.23. The van der Waals surface area contributed by atoms with E-state index in [1.165, 1.54) is 18.2 Å². The number of carbonyl (C=O) groups is 1. The molecular formula is C23H26ClFN4O2. The van der Waals surface area contributed by atoms with Gasteiger partial charge in [-0.2, -0.15) is 0 Å². The van der Waals surface area contributed by atoms with Gasteiger partial charge in [0.15, 0.2) is 0 Å². The number of aldehydes is 1. The van der Waals surface area contributed by atoms with Gasteiger partial charge in [0.25, 0.3) is 0 Å². The maximum absolute atomic E-state index is 13.3. The van der Waals surface area contributed by atoms with Crippen molar-refractivity contribution in [2.75, 3.05) is 29.9 Å². The van der Waals surface area contributed by atoms with E-state index in [4.69, 9.17) is 16.3 Å². The largest absolute Gasteiger partial charge is 0.490 e. The number of benzene rings is 1. The Hall–Kier alpha value is -2.93. The molecule has 2 aromatic rings. The number of aliphatic imine (C=N–C) groups is 1. The van der Waals surface area contributed by atoms with Gasteiger partial charge in [0.1, 0.15) is 35.6 Å². The third kappa shape index (κ3) is 6.04. The van der Waals surface area contributed by atoms with Crippen molar-refractivity contribution in [1.29, 1.82) is 0 Å². The molecule has 0 amide bonds. The highest BCUT2D eigenvalue weighted by molar-refractivity contribution is 6.33. The molecule has 0 spiro atoms. The molecule has 0 aliphatic carbocycles. The fraction of sp³-hybridized carbons (Fsp3) is 0.348. The molecule has 0 atom stereocenters. The summed E-state index contributed by atoms with van der Waals surface area (Å²) in [7, 11) is 1.87. The Morgan fingerprint density at radius 3 is 2.71 bits per heavy atom. The summed E-state index contributed by atoms with van der Waals surface area (Å²) in [5, 5.41) is 0.557. The molecule has 0 saturated carbocycles. The summed E-state index contributed by atoms with van der Waals surface area (Å²) in [5.74, 6) is 1.70. The van der Waals surface area contributed by atoms with Crippen LogP contribution < -0.4 is 14.5 Å². The lowest BCUT2D eigenvalue weighted by Gasteiger charge is -2.33. The van der Waals surface area contributed by atoms with Crippen molar-refractivity contribution < 1.29 is 13.9 Å². The second-order valence-corrected chi connectivity index (χ2v) is 7.83. The van der Waals surface area contributed by atoms with Crippen LogP contribution in [0.1, 0.15) is 26.7 Å². The lowest BCUT2D eigenvalue weighted by Crippen LogP contribution is -2.39. The average Bonchev–Trinajstić information content (AvgIpc) is 2.74. The SMILES string of the molecule is CC(=C/C=O)/N=C(/C)N(C)c1cnc(N2CCC(Oc3cccc(F)c3)CC2)c(Cl)c1. The number of amidine groups is 1. The second kappa shape index (κ2) is 10.4. The molecule has 2 heterocycles. The first-order valence-corrected chi connectivity index (χ1v) is 10.5. The van der Waals surface area contributed by atoms with Gasteiger partial charge < -0.3 is 14.5 Å². The summed E-state index contributed by atoms with van der Waals surface area (Å²) < 4.78 is 19.3. The number of rotatable bonds is 6. The van der Waals surface area contributed by atoms with E-state index in [1.807, 2.05) is 24.9 Å². The summed E-state index contributed by atoms with van der Waals surface area (Å²) in [6.07, 6.45) is 5.51. The topological polar surface area (TPSA) is 58.0 Å². The number of pyridine rings is 1. The van der Waals surface area contributed by atoms with E-state index < -0.39 is 0 Å². The Kier molecular flexibility index (Phi) is 7.63. The van der Waals surface area contributed by atoms with Crippen LogP contribution in [-0.2, 0) is 4.79 Å². The van der Waals surface area contributed by atoms with E-state index in [9.17, 15) is 9.18 Å². The summed E-state index contributed by atoms with van der Waals surface area (Å²) in [6.45, 7) is 5.12. The number of piperidine rings is 1. The third-order valence-corrected chi connectivity index (χ3v) is 5.45. The van der Waals surface area contributed by atoms with Crippen LogP contribution in [0, 0.1) is 5.82 Å². The highest BCUT2D eigenvalue weighted by atomic mass is 35.5. The number of hydrogen-bond acceptors (Lipinski definition) is 5. The average molecular weight is 445 g/mol. The van der Waals surface area contributed by atoms with Gasteiger partial charge in [0, 0.05) is 44.7 Å². The predicted octanol–water partition coefficient (Wildman–Crippen LogP) is 4.88. The van der Waals surface area contributed by atoms with Crippen LogP contribution in [0.25, 0.3) is 0 Å². The van der Waals surface area contributed by atoms with Crippen LogP contribution in [0.4, 0.5) is 15.9 Å². The fourth-order valence-corrected chi connectivity index (χ4v) is 3.69. The molecule has 1 saturated heterocycles. The first kappa shape index (κ1) is 22.7. The molecule has 3 rings (SSSR count). The lowest BCUT2D eigenvalue weighted by molar-refractivity contribution is -0.104.